The molecule has 2 saturated carbocycles. The number of benzene rings is 2. The van der Waals surface area contributed by atoms with Crippen LogP contribution in [0.4, 0.5) is 5.69 Å². The molecule has 0 aromatic heterocycles. The molecule has 1 N–H and O–H groups in total. The zero-order chi connectivity index (χ0) is 19.9. The van der Waals surface area contributed by atoms with Crippen molar-refractivity contribution in [2.45, 2.75) is 25.7 Å². The summed E-state index contributed by atoms with van der Waals surface area (Å²) in [6.45, 7) is 4.11. The molecule has 0 radical (unpaired) electrons. The van der Waals surface area contributed by atoms with E-state index in [9.17, 15) is 9.59 Å². The number of hydrogen-bond acceptors (Lipinski definition) is 3. The van der Waals surface area contributed by atoms with Gasteiger partial charge < -0.3 is 15.0 Å². The number of nitrogens with zero attached hydrogens (tertiary/aromatic N) is 1. The molecule has 0 atom stereocenters. The second-order valence-corrected chi connectivity index (χ2v) is 8.07. The highest BCUT2D eigenvalue weighted by Crippen LogP contribution is 2.71. The average molecular weight is 378 g/mol. The first kappa shape index (κ1) is 18.5. The Balaban J connectivity index is 1.63. The maximum Gasteiger partial charge on any atom is 0.231 e. The lowest BCUT2D eigenvalue weighted by atomic mass is 9.83. The summed E-state index contributed by atoms with van der Waals surface area (Å²) in [5, 5.41) is 5.00. The van der Waals surface area contributed by atoms with Crippen molar-refractivity contribution in [2.24, 2.45) is 10.8 Å². The van der Waals surface area contributed by atoms with Crippen LogP contribution in [0.25, 0.3) is 10.8 Å². The molecule has 0 saturated heterocycles. The van der Waals surface area contributed by atoms with Crippen molar-refractivity contribution in [1.29, 1.82) is 0 Å². The topological polar surface area (TPSA) is 58.6 Å². The number of ether oxygens (including phenoxy) is 1. The molecule has 5 nitrogen and oxygen atoms in total. The third kappa shape index (κ3) is 2.77. The lowest BCUT2D eigenvalue weighted by Crippen LogP contribution is -2.42. The van der Waals surface area contributed by atoms with Crippen molar-refractivity contribution < 1.29 is 14.3 Å². The lowest BCUT2D eigenvalue weighted by molar-refractivity contribution is -0.141. The van der Waals surface area contributed by atoms with E-state index in [1.54, 1.807) is 25.1 Å². The zero-order valence-electron chi connectivity index (χ0n) is 16.5. The Morgan fingerprint density at radius 3 is 2.29 bits per heavy atom. The van der Waals surface area contributed by atoms with Crippen molar-refractivity contribution in [3.05, 3.63) is 49.1 Å². The maximum atomic E-state index is 13.3. The third-order valence-electron chi connectivity index (χ3n) is 6.16. The van der Waals surface area contributed by atoms with E-state index in [0.29, 0.717) is 6.61 Å². The van der Waals surface area contributed by atoms with Crippen LogP contribution in [0.2, 0.25) is 0 Å². The molecule has 0 heterocycles. The Bertz CT molecular complexity index is 955. The molecular formula is C23H26N2O3. The van der Waals surface area contributed by atoms with Crippen LogP contribution in [0.3, 0.4) is 0 Å². The molecular weight excluding hydrogens is 352 g/mol. The average Bonchev–Trinajstić information content (AvgIpc) is 3.60. The van der Waals surface area contributed by atoms with Crippen LogP contribution in [0.1, 0.15) is 25.7 Å². The fraction of sp³-hybridized carbons (Fsp3) is 0.391. The monoisotopic (exact) mass is 378 g/mol. The lowest BCUT2D eigenvalue weighted by Gasteiger charge is -2.28. The van der Waals surface area contributed by atoms with Gasteiger partial charge in [0.15, 0.2) is 0 Å². The van der Waals surface area contributed by atoms with Crippen LogP contribution in [-0.4, -0.2) is 37.4 Å². The van der Waals surface area contributed by atoms with Gasteiger partial charge in [0.25, 0.3) is 0 Å². The Morgan fingerprint density at radius 2 is 1.71 bits per heavy atom. The predicted octanol–water partition coefficient (Wildman–Crippen LogP) is 3.99. The van der Waals surface area contributed by atoms with E-state index in [-0.39, 0.29) is 11.8 Å². The molecule has 28 heavy (non-hydrogen) atoms. The van der Waals surface area contributed by atoms with Crippen LogP contribution in [-0.2, 0) is 9.59 Å². The molecule has 2 aromatic carbocycles. The van der Waals surface area contributed by atoms with Crippen molar-refractivity contribution in [3.63, 3.8) is 0 Å². The number of anilines is 1. The Labute approximate surface area is 165 Å². The molecule has 5 heteroatoms. The first-order valence-corrected chi connectivity index (χ1v) is 9.74. The summed E-state index contributed by atoms with van der Waals surface area (Å²) in [7, 11) is 3.54. The smallest absolute Gasteiger partial charge is 0.231 e. The van der Waals surface area contributed by atoms with Crippen LogP contribution >= 0.6 is 0 Å². The van der Waals surface area contributed by atoms with Gasteiger partial charge in [0.1, 0.15) is 12.4 Å². The largest absolute Gasteiger partial charge is 0.489 e. The molecule has 0 unspecified atom stereocenters. The third-order valence-corrected chi connectivity index (χ3v) is 6.16. The van der Waals surface area contributed by atoms with Crippen molar-refractivity contribution in [2.75, 3.05) is 26.0 Å². The van der Waals surface area contributed by atoms with Gasteiger partial charge in [-0.05, 0) is 37.8 Å². The molecule has 2 aliphatic rings. The summed E-state index contributed by atoms with van der Waals surface area (Å²) in [4.78, 5) is 27.7. The summed E-state index contributed by atoms with van der Waals surface area (Å²) in [5.41, 5.74) is -0.317. The molecule has 2 fully saturated rings. The van der Waals surface area contributed by atoms with Crippen molar-refractivity contribution in [3.8, 4) is 5.75 Å². The summed E-state index contributed by atoms with van der Waals surface area (Å²) < 4.78 is 5.75. The molecule has 0 aliphatic heterocycles. The van der Waals surface area contributed by atoms with Crippen LogP contribution in [0.15, 0.2) is 49.1 Å². The number of hydrogen-bond donors (Lipinski definition) is 1. The number of carbonyl (C=O) groups excluding carboxylic acids is 2. The zero-order valence-corrected chi connectivity index (χ0v) is 16.5. The van der Waals surface area contributed by atoms with E-state index in [2.05, 4.69) is 11.9 Å². The molecule has 2 aromatic rings. The van der Waals surface area contributed by atoms with Crippen molar-refractivity contribution in [1.82, 2.24) is 4.90 Å². The van der Waals surface area contributed by atoms with E-state index in [0.717, 1.165) is 47.9 Å². The van der Waals surface area contributed by atoms with Crippen LogP contribution < -0.4 is 10.1 Å². The second-order valence-electron chi connectivity index (χ2n) is 8.07. The Morgan fingerprint density at radius 1 is 1.07 bits per heavy atom. The number of carbonyl (C=O) groups is 2. The SMILES string of the molecule is C=CCOc1ccc(NC(=O)C2(C3(C(=O)N(C)C)CC3)CC2)c2ccccc12. The molecule has 4 rings (SSSR count). The van der Waals surface area contributed by atoms with Gasteiger partial charge in [-0.2, -0.15) is 0 Å². The number of rotatable bonds is 7. The van der Waals surface area contributed by atoms with E-state index in [4.69, 9.17) is 4.74 Å². The van der Waals surface area contributed by atoms with Gasteiger partial charge in [-0.1, -0.05) is 36.9 Å². The second kappa shape index (κ2) is 6.66. The molecule has 2 amide bonds. The summed E-state index contributed by atoms with van der Waals surface area (Å²) in [6, 6.07) is 11.6. The first-order chi connectivity index (χ1) is 13.4. The normalized spacial score (nSPS) is 18.2. The van der Waals surface area contributed by atoms with Gasteiger partial charge in [0.05, 0.1) is 10.8 Å². The fourth-order valence-corrected chi connectivity index (χ4v) is 4.40. The summed E-state index contributed by atoms with van der Waals surface area (Å²) >= 11 is 0. The predicted molar refractivity (Wildman–Crippen MR) is 110 cm³/mol. The van der Waals surface area contributed by atoms with Gasteiger partial charge >= 0.3 is 0 Å². The Hall–Kier alpha value is -2.82. The number of nitrogens with one attached hydrogen (secondary N) is 1. The van der Waals surface area contributed by atoms with Gasteiger partial charge in [0, 0.05) is 30.6 Å². The van der Waals surface area contributed by atoms with Crippen LogP contribution in [0, 0.1) is 10.8 Å². The van der Waals surface area contributed by atoms with Gasteiger partial charge in [-0.25, -0.2) is 0 Å². The fourth-order valence-electron chi connectivity index (χ4n) is 4.40. The van der Waals surface area contributed by atoms with E-state index < -0.39 is 10.8 Å². The highest BCUT2D eigenvalue weighted by atomic mass is 16.5. The molecule has 0 spiro atoms. The van der Waals surface area contributed by atoms with Crippen molar-refractivity contribution >= 4 is 28.3 Å². The van der Waals surface area contributed by atoms with Gasteiger partial charge in [-0.15, -0.1) is 0 Å². The first-order valence-electron chi connectivity index (χ1n) is 9.74. The summed E-state index contributed by atoms with van der Waals surface area (Å²) in [6.07, 6.45) is 4.85. The number of fused-ring (bicyclic) bond motifs is 1. The standard InChI is InChI=1S/C23H26N2O3/c1-4-15-28-19-10-9-18(16-7-5-6-8-17(16)19)24-20(26)22(11-12-22)23(13-14-23)21(27)25(2)3/h4-10H,1,11-15H2,2-3H3,(H,24,26). The minimum atomic E-state index is -0.562. The Kier molecular flexibility index (Phi) is 4.41. The van der Waals surface area contributed by atoms with E-state index in [1.165, 1.54) is 0 Å². The van der Waals surface area contributed by atoms with E-state index >= 15 is 0 Å². The molecule has 2 aliphatic carbocycles. The minimum Gasteiger partial charge on any atom is -0.489 e. The summed E-state index contributed by atoms with van der Waals surface area (Å²) in [5.74, 6) is 0.805. The number of amides is 2. The maximum absolute atomic E-state index is 13.3. The minimum absolute atomic E-state index is 0.0369. The molecule has 0 bridgehead atoms. The highest BCUT2D eigenvalue weighted by Gasteiger charge is 2.73. The van der Waals surface area contributed by atoms with Gasteiger partial charge in [0.2, 0.25) is 11.8 Å². The van der Waals surface area contributed by atoms with Gasteiger partial charge in [-0.3, -0.25) is 9.59 Å². The van der Waals surface area contributed by atoms with Crippen LogP contribution in [0.5, 0.6) is 5.75 Å². The highest BCUT2D eigenvalue weighted by molar-refractivity contribution is 6.08. The van der Waals surface area contributed by atoms with E-state index in [1.807, 2.05) is 36.4 Å². The molecule has 146 valence electrons. The quantitative estimate of drug-likeness (QED) is 0.741.